The van der Waals surface area contributed by atoms with Gasteiger partial charge in [0.15, 0.2) is 5.78 Å². The number of fused-ring (bicyclic) bond motifs is 3. The van der Waals surface area contributed by atoms with Crippen molar-refractivity contribution in [2.24, 2.45) is 7.05 Å². The molecule has 1 atom stereocenters. The molecule has 0 fully saturated rings. The van der Waals surface area contributed by atoms with Crippen molar-refractivity contribution < 1.29 is 9.18 Å². The Bertz CT molecular complexity index is 1320. The number of aromatic amines is 1. The van der Waals surface area contributed by atoms with Crippen molar-refractivity contribution in [3.63, 3.8) is 0 Å². The number of allylic oxidation sites excluding steroid dienone is 1. The van der Waals surface area contributed by atoms with E-state index in [1.54, 1.807) is 31.3 Å². The lowest BCUT2D eigenvalue weighted by atomic mass is 9.81. The Morgan fingerprint density at radius 1 is 0.964 bits per heavy atom. The third-order valence-electron chi connectivity index (χ3n) is 5.34. The molecule has 6 nitrogen and oxygen atoms in total. The highest BCUT2D eigenvalue weighted by Crippen LogP contribution is 2.47. The Kier molecular flexibility index (Phi) is 3.30. The average Bonchev–Trinajstić information content (AvgIpc) is 2.98. The van der Waals surface area contributed by atoms with Crippen molar-refractivity contribution in [2.75, 3.05) is 5.32 Å². The van der Waals surface area contributed by atoms with Crippen molar-refractivity contribution in [3.05, 3.63) is 103 Å². The van der Waals surface area contributed by atoms with E-state index in [0.717, 1.165) is 0 Å². The van der Waals surface area contributed by atoms with Crippen molar-refractivity contribution in [1.82, 2.24) is 9.55 Å². The van der Waals surface area contributed by atoms with Crippen LogP contribution < -0.4 is 16.6 Å². The number of rotatable bonds is 1. The Balaban J connectivity index is 1.87. The van der Waals surface area contributed by atoms with Crippen LogP contribution in [0.15, 0.2) is 63.7 Å². The number of benzene rings is 2. The number of halogens is 1. The Morgan fingerprint density at radius 3 is 2.36 bits per heavy atom. The molecule has 0 spiro atoms. The first-order valence-corrected chi connectivity index (χ1v) is 8.71. The van der Waals surface area contributed by atoms with Gasteiger partial charge in [0.2, 0.25) is 0 Å². The Hall–Kier alpha value is -3.74. The fourth-order valence-electron chi connectivity index (χ4n) is 4.02. The number of H-pyrrole nitrogens is 1. The summed E-state index contributed by atoms with van der Waals surface area (Å²) >= 11 is 0. The second-order valence-electron chi connectivity index (χ2n) is 6.85. The highest BCUT2D eigenvalue weighted by atomic mass is 19.1. The fraction of sp³-hybridized carbons (Fsp3) is 0.0952. The van der Waals surface area contributed by atoms with Crippen molar-refractivity contribution in [2.45, 2.75) is 5.92 Å². The molecule has 3 aromatic rings. The predicted octanol–water partition coefficient (Wildman–Crippen LogP) is 2.38. The third-order valence-corrected chi connectivity index (χ3v) is 5.34. The van der Waals surface area contributed by atoms with Gasteiger partial charge in [-0.15, -0.1) is 0 Å². The van der Waals surface area contributed by atoms with Crippen molar-refractivity contribution >= 4 is 17.3 Å². The summed E-state index contributed by atoms with van der Waals surface area (Å²) in [4.78, 5) is 40.4. The van der Waals surface area contributed by atoms with Crippen LogP contribution in [0.3, 0.4) is 0 Å². The van der Waals surface area contributed by atoms with Gasteiger partial charge < -0.3 is 5.32 Å². The second-order valence-corrected chi connectivity index (χ2v) is 6.85. The zero-order chi connectivity index (χ0) is 19.6. The van der Waals surface area contributed by atoms with Gasteiger partial charge >= 0.3 is 5.69 Å². The first-order chi connectivity index (χ1) is 13.5. The Labute approximate surface area is 158 Å². The van der Waals surface area contributed by atoms with E-state index in [1.807, 2.05) is 12.1 Å². The van der Waals surface area contributed by atoms with E-state index in [9.17, 15) is 18.8 Å². The molecule has 1 aliphatic carbocycles. The van der Waals surface area contributed by atoms with Gasteiger partial charge in [0.05, 0.1) is 11.3 Å². The summed E-state index contributed by atoms with van der Waals surface area (Å²) in [5, 5.41) is 3.13. The summed E-state index contributed by atoms with van der Waals surface area (Å²) in [6, 6.07) is 12.8. The van der Waals surface area contributed by atoms with E-state index < -0.39 is 23.0 Å². The quantitative estimate of drug-likeness (QED) is 0.684. The molecule has 2 N–H and O–H groups in total. The number of ketones is 1. The summed E-state index contributed by atoms with van der Waals surface area (Å²) in [5.41, 5.74) is 1.96. The van der Waals surface area contributed by atoms with Gasteiger partial charge in [-0.05, 0) is 17.7 Å². The number of nitrogens with zero attached hydrogens (tertiary/aromatic N) is 1. The zero-order valence-electron chi connectivity index (χ0n) is 14.7. The third kappa shape index (κ3) is 2.10. The van der Waals surface area contributed by atoms with Gasteiger partial charge in [-0.1, -0.05) is 36.4 Å². The van der Waals surface area contributed by atoms with Crippen LogP contribution in [0.1, 0.15) is 33.0 Å². The largest absolute Gasteiger partial charge is 0.340 e. The summed E-state index contributed by atoms with van der Waals surface area (Å²) in [6.45, 7) is 0. The number of carbonyl (C=O) groups is 1. The van der Waals surface area contributed by atoms with Crippen LogP contribution >= 0.6 is 0 Å². The fourth-order valence-corrected chi connectivity index (χ4v) is 4.02. The van der Waals surface area contributed by atoms with Gasteiger partial charge in [-0.3, -0.25) is 19.1 Å². The average molecular weight is 375 g/mol. The molecule has 5 rings (SSSR count). The molecule has 0 unspecified atom stereocenters. The molecular weight excluding hydrogens is 361 g/mol. The molecule has 0 saturated heterocycles. The van der Waals surface area contributed by atoms with Crippen molar-refractivity contribution in [1.29, 1.82) is 0 Å². The Morgan fingerprint density at radius 2 is 1.64 bits per heavy atom. The molecule has 0 saturated carbocycles. The van der Waals surface area contributed by atoms with Crippen LogP contribution in [0, 0.1) is 5.82 Å². The minimum Gasteiger partial charge on any atom is -0.340 e. The summed E-state index contributed by atoms with van der Waals surface area (Å²) in [7, 11) is 1.54. The smallest absolute Gasteiger partial charge is 0.329 e. The molecule has 0 amide bonds. The highest BCUT2D eigenvalue weighted by molar-refractivity contribution is 6.23. The molecule has 1 aromatic heterocycles. The van der Waals surface area contributed by atoms with Crippen LogP contribution in [-0.2, 0) is 7.05 Å². The van der Waals surface area contributed by atoms with Crippen molar-refractivity contribution in [3.8, 4) is 0 Å². The molecule has 0 radical (unpaired) electrons. The van der Waals surface area contributed by atoms with Gasteiger partial charge in [0.25, 0.3) is 5.56 Å². The maximum Gasteiger partial charge on any atom is 0.329 e. The summed E-state index contributed by atoms with van der Waals surface area (Å²) in [6.07, 6.45) is 0. The van der Waals surface area contributed by atoms with Crippen LogP contribution in [0.5, 0.6) is 0 Å². The predicted molar refractivity (Wildman–Crippen MR) is 102 cm³/mol. The molecule has 0 bridgehead atoms. The van der Waals surface area contributed by atoms with Crippen LogP contribution in [-0.4, -0.2) is 15.3 Å². The van der Waals surface area contributed by atoms with E-state index in [1.165, 1.54) is 16.7 Å². The first-order valence-electron chi connectivity index (χ1n) is 8.71. The molecule has 7 heteroatoms. The normalized spacial score (nSPS) is 17.1. The summed E-state index contributed by atoms with van der Waals surface area (Å²) < 4.78 is 14.8. The number of hydrogen-bond donors (Lipinski definition) is 2. The van der Waals surface area contributed by atoms with Crippen LogP contribution in [0.2, 0.25) is 0 Å². The zero-order valence-corrected chi connectivity index (χ0v) is 14.7. The lowest BCUT2D eigenvalue weighted by Crippen LogP contribution is -2.37. The summed E-state index contributed by atoms with van der Waals surface area (Å²) in [5.74, 6) is -0.998. The molecule has 2 heterocycles. The highest BCUT2D eigenvalue weighted by Gasteiger charge is 2.42. The SMILES string of the molecule is Cn1c2c(c(=O)[nH]c1=O)[C@@H](c1ccc(F)cc1)C1=C(N2)c2ccccc2C1=O. The van der Waals surface area contributed by atoms with E-state index in [4.69, 9.17) is 0 Å². The minimum absolute atomic E-state index is 0.189. The molecule has 138 valence electrons. The molecule has 2 aliphatic rings. The monoisotopic (exact) mass is 375 g/mol. The van der Waals surface area contributed by atoms with Gasteiger partial charge in [0, 0.05) is 29.7 Å². The minimum atomic E-state index is -0.720. The molecule has 1 aliphatic heterocycles. The maximum absolute atomic E-state index is 13.5. The number of aromatic nitrogens is 2. The number of carbonyl (C=O) groups excluding carboxylic acids is 1. The molecular formula is C21H14FN3O3. The van der Waals surface area contributed by atoms with Crippen LogP contribution in [0.4, 0.5) is 10.2 Å². The van der Waals surface area contributed by atoms with Crippen LogP contribution in [0.25, 0.3) is 5.70 Å². The lowest BCUT2D eigenvalue weighted by Gasteiger charge is -2.28. The number of anilines is 1. The van der Waals surface area contributed by atoms with E-state index >= 15 is 0 Å². The van der Waals surface area contributed by atoms with E-state index in [2.05, 4.69) is 10.3 Å². The second kappa shape index (κ2) is 5.63. The van der Waals surface area contributed by atoms with Gasteiger partial charge in [-0.2, -0.15) is 0 Å². The van der Waals surface area contributed by atoms with Gasteiger partial charge in [0.1, 0.15) is 11.6 Å². The first kappa shape index (κ1) is 16.4. The van der Waals surface area contributed by atoms with E-state index in [-0.39, 0.29) is 11.3 Å². The standard InChI is InChI=1S/C21H14FN3O3/c1-25-19-16(20(27)24-21(25)28)14(10-6-8-11(22)9-7-10)15-17(23-19)12-4-2-3-5-13(12)18(15)26/h2-9,14,23H,1H3,(H,24,27,28)/t14-/m0/s1. The lowest BCUT2D eigenvalue weighted by molar-refractivity contribution is 0.103. The number of nitrogens with one attached hydrogen (secondary N) is 2. The topological polar surface area (TPSA) is 84.0 Å². The van der Waals surface area contributed by atoms with E-state index in [0.29, 0.717) is 33.8 Å². The number of hydrogen-bond acceptors (Lipinski definition) is 4. The van der Waals surface area contributed by atoms with Gasteiger partial charge in [-0.25, -0.2) is 9.18 Å². The molecule has 2 aromatic carbocycles. The maximum atomic E-state index is 13.5. The number of Topliss-reactive ketones (excluding diaryl/α,β-unsaturated/α-hetero) is 1. The molecule has 28 heavy (non-hydrogen) atoms.